The second kappa shape index (κ2) is 6.13. The van der Waals surface area contributed by atoms with Gasteiger partial charge in [-0.2, -0.15) is 0 Å². The lowest BCUT2D eigenvalue weighted by atomic mass is 10.1. The van der Waals surface area contributed by atoms with E-state index in [0.29, 0.717) is 16.5 Å². The van der Waals surface area contributed by atoms with Gasteiger partial charge in [-0.15, -0.1) is 0 Å². The maximum Gasteiger partial charge on any atom is 0.233 e. The van der Waals surface area contributed by atoms with E-state index in [2.05, 4.69) is 11.2 Å². The van der Waals surface area contributed by atoms with Crippen molar-refractivity contribution in [2.75, 3.05) is 11.4 Å². The number of anilines is 1. The lowest BCUT2D eigenvalue weighted by Gasteiger charge is -2.16. The molecule has 0 saturated carbocycles. The van der Waals surface area contributed by atoms with Crippen LogP contribution in [-0.2, 0) is 17.6 Å². The fraction of sp³-hybridized carbons (Fsp3) is 0.158. The van der Waals surface area contributed by atoms with E-state index in [4.69, 9.17) is 16.1 Å². The SMILES string of the molecule is O=C(Cc1cc(-c2ccc(Cl)cc2)on1)N1CCc2ccccc21. The summed E-state index contributed by atoms with van der Waals surface area (Å²) < 4.78 is 5.36. The Morgan fingerprint density at radius 2 is 1.96 bits per heavy atom. The van der Waals surface area contributed by atoms with Crippen molar-refractivity contribution in [1.82, 2.24) is 5.16 Å². The van der Waals surface area contributed by atoms with Crippen molar-refractivity contribution >= 4 is 23.2 Å². The molecule has 1 aliphatic rings. The number of nitrogens with zero attached hydrogens (tertiary/aromatic N) is 2. The van der Waals surface area contributed by atoms with Crippen LogP contribution in [0.4, 0.5) is 5.69 Å². The third-order valence-electron chi connectivity index (χ3n) is 4.21. The Hall–Kier alpha value is -2.59. The highest BCUT2D eigenvalue weighted by Crippen LogP contribution is 2.28. The Kier molecular flexibility index (Phi) is 3.82. The molecule has 0 unspecified atom stereocenters. The molecule has 0 spiro atoms. The summed E-state index contributed by atoms with van der Waals surface area (Å²) in [4.78, 5) is 14.4. The van der Waals surface area contributed by atoms with E-state index < -0.39 is 0 Å². The van der Waals surface area contributed by atoms with E-state index in [9.17, 15) is 4.79 Å². The number of aromatic nitrogens is 1. The van der Waals surface area contributed by atoms with Crippen LogP contribution in [0.5, 0.6) is 0 Å². The summed E-state index contributed by atoms with van der Waals surface area (Å²) in [5.41, 5.74) is 3.74. The molecule has 0 aliphatic carbocycles. The normalized spacial score (nSPS) is 13.1. The van der Waals surface area contributed by atoms with Gasteiger partial charge < -0.3 is 9.42 Å². The van der Waals surface area contributed by atoms with Gasteiger partial charge in [-0.05, 0) is 42.3 Å². The minimum Gasteiger partial charge on any atom is -0.356 e. The monoisotopic (exact) mass is 338 g/mol. The first kappa shape index (κ1) is 15.0. The second-order valence-corrected chi connectivity index (χ2v) is 6.23. The summed E-state index contributed by atoms with van der Waals surface area (Å²) in [6.45, 7) is 0.722. The van der Waals surface area contributed by atoms with Gasteiger partial charge in [0.15, 0.2) is 5.76 Å². The van der Waals surface area contributed by atoms with Crippen molar-refractivity contribution in [3.8, 4) is 11.3 Å². The summed E-state index contributed by atoms with van der Waals surface area (Å²) >= 11 is 5.89. The zero-order valence-electron chi connectivity index (χ0n) is 12.9. The highest BCUT2D eigenvalue weighted by atomic mass is 35.5. The molecule has 0 N–H and O–H groups in total. The maximum atomic E-state index is 12.6. The van der Waals surface area contributed by atoms with Gasteiger partial charge in [-0.1, -0.05) is 35.0 Å². The molecule has 120 valence electrons. The lowest BCUT2D eigenvalue weighted by Crippen LogP contribution is -2.30. The Balaban J connectivity index is 1.50. The average molecular weight is 339 g/mol. The quantitative estimate of drug-likeness (QED) is 0.721. The first-order valence-electron chi connectivity index (χ1n) is 7.80. The number of fused-ring (bicyclic) bond motifs is 1. The van der Waals surface area contributed by atoms with Gasteiger partial charge in [0.2, 0.25) is 5.91 Å². The van der Waals surface area contributed by atoms with Crippen LogP contribution in [0.15, 0.2) is 59.1 Å². The number of rotatable bonds is 3. The molecule has 0 bridgehead atoms. The standard InChI is InChI=1S/C19H15ClN2O2/c20-15-7-5-14(6-8-15)18-11-16(21-24-18)12-19(23)22-10-9-13-3-1-2-4-17(13)22/h1-8,11H,9-10,12H2. The van der Waals surface area contributed by atoms with Crippen molar-refractivity contribution in [3.63, 3.8) is 0 Å². The van der Waals surface area contributed by atoms with E-state index >= 15 is 0 Å². The van der Waals surface area contributed by atoms with Crippen LogP contribution in [0, 0.1) is 0 Å². The van der Waals surface area contributed by atoms with Crippen LogP contribution in [-0.4, -0.2) is 17.6 Å². The summed E-state index contributed by atoms with van der Waals surface area (Å²) in [5.74, 6) is 0.673. The zero-order chi connectivity index (χ0) is 16.5. The molecular weight excluding hydrogens is 324 g/mol. The Morgan fingerprint density at radius 1 is 1.17 bits per heavy atom. The average Bonchev–Trinajstić information content (AvgIpc) is 3.22. The van der Waals surface area contributed by atoms with Crippen LogP contribution < -0.4 is 4.90 Å². The first-order chi connectivity index (χ1) is 11.7. The first-order valence-corrected chi connectivity index (χ1v) is 8.18. The van der Waals surface area contributed by atoms with Crippen LogP contribution in [0.1, 0.15) is 11.3 Å². The van der Waals surface area contributed by atoms with E-state index in [0.717, 1.165) is 24.2 Å². The predicted octanol–water partition coefficient (Wildman–Crippen LogP) is 4.13. The number of hydrogen-bond donors (Lipinski definition) is 0. The molecule has 24 heavy (non-hydrogen) atoms. The van der Waals surface area contributed by atoms with Crippen molar-refractivity contribution in [2.24, 2.45) is 0 Å². The number of carbonyl (C=O) groups is 1. The Morgan fingerprint density at radius 3 is 2.79 bits per heavy atom. The number of amides is 1. The van der Waals surface area contributed by atoms with Crippen LogP contribution >= 0.6 is 11.6 Å². The minimum atomic E-state index is 0.0379. The highest BCUT2D eigenvalue weighted by Gasteiger charge is 2.25. The third kappa shape index (κ3) is 2.81. The van der Waals surface area contributed by atoms with Gasteiger partial charge >= 0.3 is 0 Å². The molecule has 1 aliphatic heterocycles. The van der Waals surface area contributed by atoms with Crippen molar-refractivity contribution in [3.05, 3.63) is 70.9 Å². The fourth-order valence-corrected chi connectivity index (χ4v) is 3.12. The number of benzene rings is 2. The molecule has 1 aromatic heterocycles. The second-order valence-electron chi connectivity index (χ2n) is 5.79. The molecule has 3 aromatic rings. The predicted molar refractivity (Wildman–Crippen MR) is 93.2 cm³/mol. The largest absolute Gasteiger partial charge is 0.356 e. The number of halogens is 1. The van der Waals surface area contributed by atoms with Crippen LogP contribution in [0.3, 0.4) is 0 Å². The minimum absolute atomic E-state index is 0.0379. The van der Waals surface area contributed by atoms with Crippen molar-refractivity contribution < 1.29 is 9.32 Å². The summed E-state index contributed by atoms with van der Waals surface area (Å²) in [5, 5.41) is 4.69. The molecule has 0 fully saturated rings. The van der Waals surface area contributed by atoms with Crippen molar-refractivity contribution in [1.29, 1.82) is 0 Å². The van der Waals surface area contributed by atoms with E-state index in [1.165, 1.54) is 5.56 Å². The molecule has 5 heteroatoms. The van der Waals surface area contributed by atoms with E-state index in [-0.39, 0.29) is 12.3 Å². The highest BCUT2D eigenvalue weighted by molar-refractivity contribution is 6.30. The zero-order valence-corrected chi connectivity index (χ0v) is 13.7. The molecule has 0 atom stereocenters. The van der Waals surface area contributed by atoms with Gasteiger partial charge in [0, 0.05) is 28.9 Å². The molecule has 4 rings (SSSR count). The maximum absolute atomic E-state index is 12.6. The van der Waals surface area contributed by atoms with Gasteiger partial charge in [0.25, 0.3) is 0 Å². The van der Waals surface area contributed by atoms with Gasteiger partial charge in [0.1, 0.15) is 0 Å². The molecular formula is C19H15ClN2O2. The molecule has 1 amide bonds. The lowest BCUT2D eigenvalue weighted by molar-refractivity contribution is -0.118. The molecule has 2 aromatic carbocycles. The summed E-state index contributed by atoms with van der Waals surface area (Å²) in [6, 6.07) is 17.2. The summed E-state index contributed by atoms with van der Waals surface area (Å²) in [6.07, 6.45) is 1.13. The van der Waals surface area contributed by atoms with Crippen molar-refractivity contribution in [2.45, 2.75) is 12.8 Å². The van der Waals surface area contributed by atoms with Gasteiger partial charge in [0.05, 0.1) is 12.1 Å². The number of para-hydroxylation sites is 1. The number of carbonyl (C=O) groups excluding carboxylic acids is 1. The van der Waals surface area contributed by atoms with E-state index in [1.807, 2.05) is 41.3 Å². The van der Waals surface area contributed by atoms with E-state index in [1.54, 1.807) is 12.1 Å². The topological polar surface area (TPSA) is 46.3 Å². The molecule has 4 nitrogen and oxygen atoms in total. The summed E-state index contributed by atoms with van der Waals surface area (Å²) in [7, 11) is 0. The van der Waals surface area contributed by atoms with Crippen LogP contribution in [0.25, 0.3) is 11.3 Å². The fourth-order valence-electron chi connectivity index (χ4n) is 2.99. The Labute approximate surface area is 144 Å². The Bertz CT molecular complexity index is 886. The van der Waals surface area contributed by atoms with Gasteiger partial charge in [-0.3, -0.25) is 4.79 Å². The number of hydrogen-bond acceptors (Lipinski definition) is 3. The third-order valence-corrected chi connectivity index (χ3v) is 4.46. The molecule has 0 radical (unpaired) electrons. The molecule has 0 saturated heterocycles. The molecule has 2 heterocycles. The van der Waals surface area contributed by atoms with Crippen LogP contribution in [0.2, 0.25) is 5.02 Å². The van der Waals surface area contributed by atoms with Gasteiger partial charge in [-0.25, -0.2) is 0 Å². The smallest absolute Gasteiger partial charge is 0.233 e.